The Morgan fingerprint density at radius 2 is 2.22 bits per heavy atom. The third-order valence-corrected chi connectivity index (χ3v) is 4.48. The van der Waals surface area contributed by atoms with Gasteiger partial charge in [0.2, 0.25) is 15.9 Å². The fourth-order valence-electron chi connectivity index (χ4n) is 1.65. The van der Waals surface area contributed by atoms with Crippen molar-refractivity contribution in [3.8, 4) is 0 Å². The molecule has 0 radical (unpaired) electrons. The Bertz CT molecular complexity index is 541. The van der Waals surface area contributed by atoms with E-state index in [-0.39, 0.29) is 30.4 Å². The molecular formula is C10H14N4O3S. The lowest BCUT2D eigenvalue weighted by Gasteiger charge is -2.25. The summed E-state index contributed by atoms with van der Waals surface area (Å²) in [5.74, 6) is -0.295. The van der Waals surface area contributed by atoms with Crippen LogP contribution in [0.1, 0.15) is 5.69 Å². The van der Waals surface area contributed by atoms with Crippen LogP contribution in [0.5, 0.6) is 0 Å². The van der Waals surface area contributed by atoms with Gasteiger partial charge >= 0.3 is 0 Å². The molecular weight excluding hydrogens is 256 g/mol. The van der Waals surface area contributed by atoms with Gasteiger partial charge in [0, 0.05) is 25.8 Å². The number of sulfonamides is 1. The second-order valence-electron chi connectivity index (χ2n) is 3.88. The SMILES string of the molecule is NCc1ccc(S(=O)(=O)N2CCNC(=O)C2)cn1. The number of hydrogen-bond acceptors (Lipinski definition) is 5. The molecule has 1 amide bonds. The number of aromatic nitrogens is 1. The molecule has 1 saturated heterocycles. The van der Waals surface area contributed by atoms with E-state index in [2.05, 4.69) is 10.3 Å². The second kappa shape index (κ2) is 5.01. The van der Waals surface area contributed by atoms with Crippen LogP contribution < -0.4 is 11.1 Å². The van der Waals surface area contributed by atoms with Gasteiger partial charge in [0.25, 0.3) is 0 Å². The van der Waals surface area contributed by atoms with Crippen LogP contribution in [-0.4, -0.2) is 43.2 Å². The van der Waals surface area contributed by atoms with E-state index in [9.17, 15) is 13.2 Å². The molecule has 1 aromatic heterocycles. The molecule has 0 aromatic carbocycles. The zero-order valence-corrected chi connectivity index (χ0v) is 10.5. The van der Waals surface area contributed by atoms with Crippen LogP contribution >= 0.6 is 0 Å². The van der Waals surface area contributed by atoms with E-state index in [1.807, 2.05) is 0 Å². The van der Waals surface area contributed by atoms with Gasteiger partial charge in [-0.15, -0.1) is 0 Å². The standard InChI is InChI=1S/C10H14N4O3S/c11-5-8-1-2-9(6-13-8)18(16,17)14-4-3-12-10(15)7-14/h1-2,6H,3-5,7,11H2,(H,12,15). The summed E-state index contributed by atoms with van der Waals surface area (Å²) in [6.07, 6.45) is 1.27. The summed E-state index contributed by atoms with van der Waals surface area (Å²) in [5.41, 5.74) is 6.01. The minimum Gasteiger partial charge on any atom is -0.354 e. The van der Waals surface area contributed by atoms with Gasteiger partial charge in [0.05, 0.1) is 12.2 Å². The average Bonchev–Trinajstić information content (AvgIpc) is 2.39. The molecule has 1 aromatic rings. The highest BCUT2D eigenvalue weighted by molar-refractivity contribution is 7.89. The maximum Gasteiger partial charge on any atom is 0.245 e. The number of amides is 1. The first-order valence-corrected chi connectivity index (χ1v) is 6.90. The number of nitrogens with zero attached hydrogens (tertiary/aromatic N) is 2. The smallest absolute Gasteiger partial charge is 0.245 e. The maximum absolute atomic E-state index is 12.2. The highest BCUT2D eigenvalue weighted by atomic mass is 32.2. The van der Waals surface area contributed by atoms with Gasteiger partial charge in [-0.05, 0) is 12.1 Å². The minimum absolute atomic E-state index is 0.0781. The van der Waals surface area contributed by atoms with E-state index < -0.39 is 10.0 Å². The predicted molar refractivity (Wildman–Crippen MR) is 63.9 cm³/mol. The highest BCUT2D eigenvalue weighted by Crippen LogP contribution is 2.15. The lowest BCUT2D eigenvalue weighted by molar-refractivity contribution is -0.122. The Hall–Kier alpha value is -1.51. The third kappa shape index (κ3) is 2.50. The molecule has 7 nitrogen and oxygen atoms in total. The predicted octanol–water partition coefficient (Wildman–Crippen LogP) is -1.34. The zero-order chi connectivity index (χ0) is 13.2. The van der Waals surface area contributed by atoms with E-state index in [1.165, 1.54) is 12.3 Å². The van der Waals surface area contributed by atoms with E-state index in [1.54, 1.807) is 6.07 Å². The number of nitrogens with two attached hydrogens (primary N) is 1. The van der Waals surface area contributed by atoms with Crippen molar-refractivity contribution in [2.75, 3.05) is 19.6 Å². The van der Waals surface area contributed by atoms with Crippen LogP contribution in [0.25, 0.3) is 0 Å². The third-order valence-electron chi connectivity index (χ3n) is 2.65. The van der Waals surface area contributed by atoms with Gasteiger partial charge in [-0.1, -0.05) is 0 Å². The van der Waals surface area contributed by atoms with Crippen molar-refractivity contribution in [1.29, 1.82) is 0 Å². The molecule has 0 bridgehead atoms. The fourth-order valence-corrected chi connectivity index (χ4v) is 3.00. The first-order valence-electron chi connectivity index (χ1n) is 5.46. The highest BCUT2D eigenvalue weighted by Gasteiger charge is 2.29. The number of hydrogen-bond donors (Lipinski definition) is 2. The van der Waals surface area contributed by atoms with Crippen molar-refractivity contribution in [2.24, 2.45) is 5.73 Å². The summed E-state index contributed by atoms with van der Waals surface area (Å²) in [6, 6.07) is 3.02. The van der Waals surface area contributed by atoms with Gasteiger partial charge < -0.3 is 11.1 Å². The fraction of sp³-hybridized carbons (Fsp3) is 0.400. The normalized spacial score (nSPS) is 17.5. The number of carbonyl (C=O) groups is 1. The van der Waals surface area contributed by atoms with Crippen molar-refractivity contribution in [3.63, 3.8) is 0 Å². The molecule has 0 unspecified atom stereocenters. The largest absolute Gasteiger partial charge is 0.354 e. The molecule has 0 atom stereocenters. The van der Waals surface area contributed by atoms with E-state index >= 15 is 0 Å². The molecule has 8 heteroatoms. The number of pyridine rings is 1. The van der Waals surface area contributed by atoms with Crippen LogP contribution in [0.2, 0.25) is 0 Å². The Morgan fingerprint density at radius 1 is 1.44 bits per heavy atom. The molecule has 98 valence electrons. The summed E-state index contributed by atoms with van der Waals surface area (Å²) in [6.45, 7) is 0.701. The van der Waals surface area contributed by atoms with Gasteiger partial charge in [0.15, 0.2) is 0 Å². The number of piperazine rings is 1. The van der Waals surface area contributed by atoms with Crippen LogP contribution in [0, 0.1) is 0 Å². The molecule has 0 saturated carbocycles. The zero-order valence-electron chi connectivity index (χ0n) is 9.67. The molecule has 0 spiro atoms. The summed E-state index contributed by atoms with van der Waals surface area (Å²) >= 11 is 0. The molecule has 18 heavy (non-hydrogen) atoms. The lowest BCUT2D eigenvalue weighted by Crippen LogP contribution is -2.49. The van der Waals surface area contributed by atoms with Crippen molar-refractivity contribution in [1.82, 2.24) is 14.6 Å². The van der Waals surface area contributed by atoms with Crippen molar-refractivity contribution in [2.45, 2.75) is 11.4 Å². The molecule has 1 aliphatic rings. The van der Waals surface area contributed by atoms with Crippen LogP contribution in [0.3, 0.4) is 0 Å². The summed E-state index contributed by atoms with van der Waals surface area (Å²) in [5, 5.41) is 2.58. The molecule has 1 fully saturated rings. The van der Waals surface area contributed by atoms with E-state index in [0.29, 0.717) is 12.2 Å². The Morgan fingerprint density at radius 3 is 2.78 bits per heavy atom. The van der Waals surface area contributed by atoms with E-state index in [0.717, 1.165) is 4.31 Å². The lowest BCUT2D eigenvalue weighted by atomic mass is 10.4. The summed E-state index contributed by atoms with van der Waals surface area (Å²) in [7, 11) is -3.65. The first kappa shape index (κ1) is 12.9. The van der Waals surface area contributed by atoms with Gasteiger partial charge in [0.1, 0.15) is 4.90 Å². The van der Waals surface area contributed by atoms with Gasteiger partial charge in [-0.2, -0.15) is 4.31 Å². The van der Waals surface area contributed by atoms with Crippen LogP contribution in [0.4, 0.5) is 0 Å². The molecule has 1 aliphatic heterocycles. The summed E-state index contributed by atoms with van der Waals surface area (Å²) < 4.78 is 25.6. The molecule has 2 rings (SSSR count). The molecule has 2 heterocycles. The average molecular weight is 270 g/mol. The monoisotopic (exact) mass is 270 g/mol. The van der Waals surface area contributed by atoms with E-state index in [4.69, 9.17) is 5.73 Å². The van der Waals surface area contributed by atoms with Crippen molar-refractivity contribution >= 4 is 15.9 Å². The quantitative estimate of drug-likeness (QED) is 0.707. The number of rotatable bonds is 3. The Balaban J connectivity index is 2.26. The van der Waals surface area contributed by atoms with Crippen LogP contribution in [-0.2, 0) is 21.4 Å². The van der Waals surface area contributed by atoms with Gasteiger partial charge in [-0.3, -0.25) is 9.78 Å². The van der Waals surface area contributed by atoms with Gasteiger partial charge in [-0.25, -0.2) is 8.42 Å². The Labute approximate surface area is 105 Å². The summed E-state index contributed by atoms with van der Waals surface area (Å²) in [4.78, 5) is 15.2. The van der Waals surface area contributed by atoms with Crippen molar-refractivity contribution < 1.29 is 13.2 Å². The maximum atomic E-state index is 12.2. The molecule has 0 aliphatic carbocycles. The number of carbonyl (C=O) groups excluding carboxylic acids is 1. The van der Waals surface area contributed by atoms with Crippen LogP contribution in [0.15, 0.2) is 23.2 Å². The topological polar surface area (TPSA) is 105 Å². The minimum atomic E-state index is -3.65. The number of nitrogens with one attached hydrogen (secondary N) is 1. The Kier molecular flexibility index (Phi) is 3.60. The van der Waals surface area contributed by atoms with Crippen molar-refractivity contribution in [3.05, 3.63) is 24.0 Å². The molecule has 3 N–H and O–H groups in total. The second-order valence-corrected chi connectivity index (χ2v) is 5.82. The first-order chi connectivity index (χ1) is 8.54.